The maximum Gasteiger partial charge on any atom is 0.313 e. The number of halogens is 1. The molecule has 3 fully saturated rings. The standard InChI is InChI=1S/C35H40BrN3O8/c1-4-6-12-27(41)37-21-26(22-10-8-7-9-11-22)46-34(44)28-29-32(42)39(18-19-40)31(35(29)20-25(36)30(28)47-35)33(43)38(17-5-2)23-13-15-24(45-3)16-14-23/h4-5,7-11,13-16,25-26,28-31,40H,1-2,6,12,17-21H2,3H3,(H,37,41)/t25?,26-,28-,29+,30-,31-,35+/m1/s1. The molecule has 250 valence electrons. The lowest BCUT2D eigenvalue weighted by molar-refractivity contribution is -0.160. The number of ether oxygens (including phenoxy) is 3. The Bertz CT molecular complexity index is 1490. The summed E-state index contributed by atoms with van der Waals surface area (Å²) in [5, 5.41) is 12.8. The van der Waals surface area contributed by atoms with Crippen LogP contribution in [-0.4, -0.2) is 89.6 Å². The minimum atomic E-state index is -1.35. The molecule has 3 aliphatic rings. The Labute approximate surface area is 282 Å². The number of nitrogens with one attached hydrogen (secondary N) is 1. The normalized spacial score (nSPS) is 26.3. The number of methoxy groups -OCH3 is 1. The Morgan fingerprint density at radius 3 is 2.53 bits per heavy atom. The van der Waals surface area contributed by atoms with Crippen molar-refractivity contribution in [1.82, 2.24) is 10.2 Å². The van der Waals surface area contributed by atoms with E-state index in [0.717, 1.165) is 0 Å². The summed E-state index contributed by atoms with van der Waals surface area (Å²) in [5.41, 5.74) is -0.114. The van der Waals surface area contributed by atoms with Gasteiger partial charge in [-0.25, -0.2) is 0 Å². The van der Waals surface area contributed by atoms with Gasteiger partial charge in [-0.1, -0.05) is 58.4 Å². The second-order valence-electron chi connectivity index (χ2n) is 11.8. The highest BCUT2D eigenvalue weighted by molar-refractivity contribution is 9.09. The van der Waals surface area contributed by atoms with Crippen LogP contribution in [0.1, 0.15) is 30.9 Å². The number of aliphatic hydroxyl groups is 1. The summed E-state index contributed by atoms with van der Waals surface area (Å²) >= 11 is 3.67. The van der Waals surface area contributed by atoms with Gasteiger partial charge in [0, 0.05) is 30.0 Å². The molecular weight excluding hydrogens is 670 g/mol. The van der Waals surface area contributed by atoms with E-state index >= 15 is 0 Å². The SMILES string of the molecule is C=CCCC(=O)NC[C@@H](OC(=O)[C@H]1[C@@H]2O[C@@]3(CC2Br)[C@@H]1C(=O)N(CCO)[C@@H]3C(=O)N(CC=C)c1ccc(OC)cc1)c1ccccc1. The molecule has 1 unspecified atom stereocenters. The minimum absolute atomic E-state index is 0.0294. The van der Waals surface area contributed by atoms with Gasteiger partial charge in [0.1, 0.15) is 23.5 Å². The summed E-state index contributed by atoms with van der Waals surface area (Å²) in [6.07, 6.45) is 2.72. The molecule has 7 atom stereocenters. The number of benzene rings is 2. The third-order valence-electron chi connectivity index (χ3n) is 9.09. The number of alkyl halides is 1. The summed E-state index contributed by atoms with van der Waals surface area (Å²) in [4.78, 5) is 57.8. The Morgan fingerprint density at radius 2 is 1.89 bits per heavy atom. The highest BCUT2D eigenvalue weighted by atomic mass is 79.9. The van der Waals surface area contributed by atoms with Crippen LogP contribution in [0.5, 0.6) is 5.75 Å². The number of hydrogen-bond acceptors (Lipinski definition) is 8. The van der Waals surface area contributed by atoms with Crippen LogP contribution in [0.25, 0.3) is 0 Å². The monoisotopic (exact) mass is 709 g/mol. The predicted molar refractivity (Wildman–Crippen MR) is 178 cm³/mol. The Morgan fingerprint density at radius 1 is 1.17 bits per heavy atom. The van der Waals surface area contributed by atoms with Crippen LogP contribution < -0.4 is 15.0 Å². The molecule has 0 aliphatic carbocycles. The maximum absolute atomic E-state index is 14.5. The molecule has 2 aromatic rings. The molecule has 3 aliphatic heterocycles. The largest absolute Gasteiger partial charge is 0.497 e. The van der Waals surface area contributed by atoms with E-state index in [1.54, 1.807) is 67.8 Å². The van der Waals surface area contributed by atoms with Crippen LogP contribution in [-0.2, 0) is 28.7 Å². The van der Waals surface area contributed by atoms with Crippen molar-refractivity contribution in [2.24, 2.45) is 11.8 Å². The number of likely N-dealkylation sites (tertiary alicyclic amines) is 1. The van der Waals surface area contributed by atoms with Gasteiger partial charge >= 0.3 is 5.97 Å². The van der Waals surface area contributed by atoms with Gasteiger partial charge in [0.15, 0.2) is 0 Å². The van der Waals surface area contributed by atoms with Crippen LogP contribution >= 0.6 is 15.9 Å². The highest BCUT2D eigenvalue weighted by Crippen LogP contribution is 2.60. The number of β-amino-alcohol motifs (C(OH)–C–C–N with tert-alkyl or cyclic N) is 1. The van der Waals surface area contributed by atoms with Crippen molar-refractivity contribution in [3.05, 3.63) is 85.5 Å². The molecule has 2 aromatic carbocycles. The lowest BCUT2D eigenvalue weighted by Crippen LogP contribution is -2.57. The number of rotatable bonds is 15. The topological polar surface area (TPSA) is 135 Å². The van der Waals surface area contributed by atoms with Crippen molar-refractivity contribution in [1.29, 1.82) is 0 Å². The maximum atomic E-state index is 14.5. The molecule has 0 saturated carbocycles. The molecule has 2 bridgehead atoms. The third-order valence-corrected chi connectivity index (χ3v) is 9.93. The molecule has 47 heavy (non-hydrogen) atoms. The van der Waals surface area contributed by atoms with E-state index in [4.69, 9.17) is 14.2 Å². The first kappa shape index (κ1) is 34.3. The highest BCUT2D eigenvalue weighted by Gasteiger charge is 2.77. The van der Waals surface area contributed by atoms with Crippen LogP contribution in [0, 0.1) is 11.8 Å². The molecule has 2 N–H and O–H groups in total. The number of aliphatic hydroxyl groups excluding tert-OH is 1. The second kappa shape index (κ2) is 14.8. The number of allylic oxidation sites excluding steroid dienone is 1. The van der Waals surface area contributed by atoms with E-state index in [0.29, 0.717) is 29.8 Å². The second-order valence-corrected chi connectivity index (χ2v) is 13.0. The smallest absolute Gasteiger partial charge is 0.313 e. The minimum Gasteiger partial charge on any atom is -0.497 e. The lowest BCUT2D eigenvalue weighted by atomic mass is 9.70. The Balaban J connectivity index is 1.46. The van der Waals surface area contributed by atoms with E-state index in [2.05, 4.69) is 34.4 Å². The van der Waals surface area contributed by atoms with Gasteiger partial charge in [-0.3, -0.25) is 19.2 Å². The first-order valence-corrected chi connectivity index (χ1v) is 16.5. The van der Waals surface area contributed by atoms with Crippen LogP contribution in [0.4, 0.5) is 5.69 Å². The van der Waals surface area contributed by atoms with E-state index in [1.165, 1.54) is 9.80 Å². The fourth-order valence-corrected chi connectivity index (χ4v) is 7.97. The molecule has 12 heteroatoms. The first-order valence-electron chi connectivity index (χ1n) is 15.6. The summed E-state index contributed by atoms with van der Waals surface area (Å²) in [6.45, 7) is 7.13. The molecule has 11 nitrogen and oxygen atoms in total. The zero-order valence-corrected chi connectivity index (χ0v) is 27.8. The number of fused-ring (bicyclic) bond motifs is 1. The number of carbonyl (C=O) groups is 4. The Kier molecular flexibility index (Phi) is 10.8. The average molecular weight is 711 g/mol. The van der Waals surface area contributed by atoms with Gasteiger partial charge < -0.3 is 34.4 Å². The first-order chi connectivity index (χ1) is 22.7. The summed E-state index contributed by atoms with van der Waals surface area (Å²) < 4.78 is 17.9. The van der Waals surface area contributed by atoms with Crippen molar-refractivity contribution in [2.75, 3.05) is 38.3 Å². The molecule has 0 aromatic heterocycles. The van der Waals surface area contributed by atoms with Crippen LogP contribution in [0.15, 0.2) is 79.9 Å². The molecule has 3 saturated heterocycles. The summed E-state index contributed by atoms with van der Waals surface area (Å²) in [7, 11) is 1.55. The Hall–Kier alpha value is -4.00. The molecule has 3 heterocycles. The van der Waals surface area contributed by atoms with Crippen LogP contribution in [0.2, 0.25) is 0 Å². The number of amides is 3. The van der Waals surface area contributed by atoms with Gasteiger partial charge in [-0.2, -0.15) is 0 Å². The van der Waals surface area contributed by atoms with E-state index in [-0.39, 0.29) is 43.4 Å². The van der Waals surface area contributed by atoms with Gasteiger partial charge in [-0.05, 0) is 42.7 Å². The van der Waals surface area contributed by atoms with Crippen molar-refractivity contribution < 1.29 is 38.5 Å². The average Bonchev–Trinajstić information content (AvgIpc) is 3.68. The van der Waals surface area contributed by atoms with Crippen molar-refractivity contribution in [3.63, 3.8) is 0 Å². The lowest BCUT2D eigenvalue weighted by Gasteiger charge is -2.37. The number of hydrogen-bond donors (Lipinski definition) is 2. The van der Waals surface area contributed by atoms with Crippen molar-refractivity contribution in [2.45, 2.75) is 47.9 Å². The van der Waals surface area contributed by atoms with Gasteiger partial charge in [0.25, 0.3) is 5.91 Å². The number of anilines is 1. The third kappa shape index (κ3) is 6.59. The molecule has 3 amide bonds. The molecular formula is C35H40BrN3O8. The van der Waals surface area contributed by atoms with Crippen molar-refractivity contribution >= 4 is 45.3 Å². The fourth-order valence-electron chi connectivity index (χ4n) is 7.03. The predicted octanol–water partition coefficient (Wildman–Crippen LogP) is 3.32. The van der Waals surface area contributed by atoms with Gasteiger partial charge in [-0.15, -0.1) is 13.2 Å². The summed E-state index contributed by atoms with van der Waals surface area (Å²) in [5.74, 6) is -3.18. The quantitative estimate of drug-likeness (QED) is 0.164. The molecule has 1 spiro atoms. The van der Waals surface area contributed by atoms with Crippen LogP contribution in [0.3, 0.4) is 0 Å². The zero-order chi connectivity index (χ0) is 33.7. The summed E-state index contributed by atoms with van der Waals surface area (Å²) in [6, 6.07) is 14.9. The van der Waals surface area contributed by atoms with E-state index in [1.807, 2.05) is 6.07 Å². The number of esters is 1. The molecule has 0 radical (unpaired) electrons. The van der Waals surface area contributed by atoms with E-state index in [9.17, 15) is 24.3 Å². The fraction of sp³-hybridized carbons (Fsp3) is 0.429. The van der Waals surface area contributed by atoms with Crippen molar-refractivity contribution in [3.8, 4) is 5.75 Å². The van der Waals surface area contributed by atoms with E-state index < -0.39 is 53.5 Å². The number of carbonyl (C=O) groups excluding carboxylic acids is 4. The molecule has 5 rings (SSSR count). The number of nitrogens with zero attached hydrogens (tertiary/aromatic N) is 2. The van der Waals surface area contributed by atoms with Gasteiger partial charge in [0.2, 0.25) is 11.8 Å². The van der Waals surface area contributed by atoms with Gasteiger partial charge in [0.05, 0.1) is 38.2 Å². The zero-order valence-electron chi connectivity index (χ0n) is 26.3.